The summed E-state index contributed by atoms with van der Waals surface area (Å²) in [5.41, 5.74) is 4.85. The lowest BCUT2D eigenvalue weighted by atomic mass is 9.81. The second-order valence-corrected chi connectivity index (χ2v) is 10.6. The lowest BCUT2D eigenvalue weighted by Crippen LogP contribution is -2.39. The first-order valence-corrected chi connectivity index (χ1v) is 13.9. The molecule has 7 nitrogen and oxygen atoms in total. The number of rotatable bonds is 8. The number of hydrogen-bond donors (Lipinski definition) is 4. The maximum absolute atomic E-state index is 15.2. The van der Waals surface area contributed by atoms with E-state index in [9.17, 15) is 15.0 Å². The van der Waals surface area contributed by atoms with Gasteiger partial charge in [-0.05, 0) is 77.4 Å². The number of amides is 1. The number of benzene rings is 4. The molecule has 0 radical (unpaired) electrons. The van der Waals surface area contributed by atoms with Gasteiger partial charge in [0.05, 0.1) is 32.4 Å². The molecule has 43 heavy (non-hydrogen) atoms. The largest absolute Gasteiger partial charge is 0.508 e. The number of phenolic OH excluding ortho intramolecular Hbond substituents is 1. The molecule has 0 unspecified atom stereocenters. The average molecular weight is 585 g/mol. The number of halogens is 2. The van der Waals surface area contributed by atoms with Crippen LogP contribution in [-0.2, 0) is 19.3 Å². The second kappa shape index (κ2) is 11.4. The highest BCUT2D eigenvalue weighted by molar-refractivity contribution is 6.03. The van der Waals surface area contributed by atoms with E-state index in [1.807, 2.05) is 42.6 Å². The fourth-order valence-corrected chi connectivity index (χ4v) is 5.95. The Bertz CT molecular complexity index is 1840. The first-order valence-electron chi connectivity index (χ1n) is 13.9. The van der Waals surface area contributed by atoms with E-state index in [0.717, 1.165) is 50.9 Å². The molecule has 0 saturated carbocycles. The number of aromatic amines is 1. The van der Waals surface area contributed by atoms with Gasteiger partial charge in [0.1, 0.15) is 17.4 Å². The van der Waals surface area contributed by atoms with Gasteiger partial charge in [-0.25, -0.2) is 8.78 Å². The summed E-state index contributed by atoms with van der Waals surface area (Å²) in [6.07, 6.45) is 3.37. The van der Waals surface area contributed by atoms with Gasteiger partial charge in [0.15, 0.2) is 11.5 Å². The summed E-state index contributed by atoms with van der Waals surface area (Å²) in [4.78, 5) is 17.1. The van der Waals surface area contributed by atoms with Crippen LogP contribution in [0.25, 0.3) is 33.2 Å². The molecule has 0 spiro atoms. The summed E-state index contributed by atoms with van der Waals surface area (Å²) < 4.78 is 41.4. The summed E-state index contributed by atoms with van der Waals surface area (Å²) in [5.74, 6) is -2.05. The number of nitrogens with one attached hydrogen (secondary N) is 2. The summed E-state index contributed by atoms with van der Waals surface area (Å²) in [7, 11) is 3.10. The van der Waals surface area contributed by atoms with E-state index in [1.165, 1.54) is 7.11 Å². The van der Waals surface area contributed by atoms with E-state index in [4.69, 9.17) is 9.47 Å². The molecule has 0 bridgehead atoms. The van der Waals surface area contributed by atoms with Gasteiger partial charge in [0, 0.05) is 40.4 Å². The first kappa shape index (κ1) is 28.2. The molecule has 1 aromatic heterocycles. The minimum atomic E-state index is -0.994. The Balaban J connectivity index is 1.45. The average Bonchev–Trinajstić information content (AvgIpc) is 3.41. The SMILES string of the molecule is COc1cc2c(cc1OC)-c1cc(C(=O)N[C@@H](CO)Cc3c[nH]c4ccccc34)c(-c3c(F)cc(O)cc3F)cc1CC2. The molecule has 1 atom stereocenters. The van der Waals surface area contributed by atoms with E-state index in [2.05, 4.69) is 10.3 Å². The normalized spacial score (nSPS) is 12.9. The van der Waals surface area contributed by atoms with Crippen LogP contribution in [0.1, 0.15) is 27.0 Å². The molecule has 1 amide bonds. The van der Waals surface area contributed by atoms with Crippen LogP contribution in [0.4, 0.5) is 8.78 Å². The van der Waals surface area contributed by atoms with Gasteiger partial charge < -0.3 is 30.0 Å². The molecular weight excluding hydrogens is 554 g/mol. The van der Waals surface area contributed by atoms with Crippen molar-refractivity contribution in [1.29, 1.82) is 0 Å². The molecule has 0 saturated heterocycles. The third kappa shape index (κ3) is 5.17. The van der Waals surface area contributed by atoms with Crippen molar-refractivity contribution >= 4 is 16.8 Å². The van der Waals surface area contributed by atoms with Crippen molar-refractivity contribution in [3.8, 4) is 39.5 Å². The molecule has 1 aliphatic rings. The molecule has 0 fully saturated rings. The van der Waals surface area contributed by atoms with Gasteiger partial charge in [-0.15, -0.1) is 0 Å². The number of para-hydroxylation sites is 1. The second-order valence-electron chi connectivity index (χ2n) is 10.6. The van der Waals surface area contributed by atoms with Crippen molar-refractivity contribution in [2.75, 3.05) is 20.8 Å². The van der Waals surface area contributed by atoms with Crippen LogP contribution in [0.2, 0.25) is 0 Å². The summed E-state index contributed by atoms with van der Waals surface area (Å²) in [6, 6.07) is 15.7. The molecule has 4 aromatic carbocycles. The van der Waals surface area contributed by atoms with Crippen molar-refractivity contribution in [2.24, 2.45) is 0 Å². The smallest absolute Gasteiger partial charge is 0.252 e. The van der Waals surface area contributed by atoms with Gasteiger partial charge in [-0.2, -0.15) is 0 Å². The fourth-order valence-electron chi connectivity index (χ4n) is 5.95. The van der Waals surface area contributed by atoms with E-state index in [-0.39, 0.29) is 17.7 Å². The topological polar surface area (TPSA) is 104 Å². The van der Waals surface area contributed by atoms with E-state index < -0.39 is 34.9 Å². The number of methoxy groups -OCH3 is 2. The van der Waals surface area contributed by atoms with Gasteiger partial charge >= 0.3 is 0 Å². The fraction of sp³-hybridized carbons (Fsp3) is 0.206. The van der Waals surface area contributed by atoms with Crippen LogP contribution < -0.4 is 14.8 Å². The summed E-state index contributed by atoms with van der Waals surface area (Å²) >= 11 is 0. The molecule has 4 N–H and O–H groups in total. The van der Waals surface area contributed by atoms with Gasteiger partial charge in [0.25, 0.3) is 5.91 Å². The molecule has 0 aliphatic heterocycles. The number of fused-ring (bicyclic) bond motifs is 4. The van der Waals surface area contributed by atoms with Crippen LogP contribution >= 0.6 is 0 Å². The number of H-pyrrole nitrogens is 1. The lowest BCUT2D eigenvalue weighted by Gasteiger charge is -2.25. The standard InChI is InChI=1S/C34H30F2N2O5/c1-42-31-11-19-8-7-18-10-26(33-28(35)12-22(40)13-29(33)36)27(14-24(18)25(19)15-32(31)43-2)34(41)38-21(17-39)9-20-16-37-30-6-4-3-5-23(20)30/h3-6,10-16,21,37,39-40H,7-9,17H2,1-2H3,(H,38,41)/t21-/m1/s1. The van der Waals surface area contributed by atoms with Crippen LogP contribution in [0.5, 0.6) is 17.2 Å². The van der Waals surface area contributed by atoms with Crippen LogP contribution in [-0.4, -0.2) is 48.0 Å². The lowest BCUT2D eigenvalue weighted by molar-refractivity contribution is 0.0917. The Kier molecular flexibility index (Phi) is 7.50. The third-order valence-electron chi connectivity index (χ3n) is 8.04. The molecule has 5 aromatic rings. The van der Waals surface area contributed by atoms with Crippen molar-refractivity contribution < 1.29 is 33.3 Å². The third-order valence-corrected chi connectivity index (χ3v) is 8.04. The number of carbonyl (C=O) groups excluding carboxylic acids is 1. The van der Waals surface area contributed by atoms with Crippen molar-refractivity contribution in [1.82, 2.24) is 10.3 Å². The highest BCUT2D eigenvalue weighted by Gasteiger charge is 2.27. The number of ether oxygens (including phenoxy) is 2. The number of carbonyl (C=O) groups is 1. The molecule has 1 aliphatic carbocycles. The minimum Gasteiger partial charge on any atom is -0.508 e. The first-order chi connectivity index (χ1) is 20.8. The number of phenols is 1. The molecular formula is C34H30F2N2O5. The van der Waals surface area contributed by atoms with Crippen molar-refractivity contribution in [2.45, 2.75) is 25.3 Å². The predicted molar refractivity (Wildman–Crippen MR) is 160 cm³/mol. The minimum absolute atomic E-state index is 0.0299. The number of aromatic hydroxyl groups is 1. The quantitative estimate of drug-likeness (QED) is 0.181. The molecule has 9 heteroatoms. The zero-order valence-electron chi connectivity index (χ0n) is 23.6. The predicted octanol–water partition coefficient (Wildman–Crippen LogP) is 5.93. The van der Waals surface area contributed by atoms with E-state index >= 15 is 8.78 Å². The van der Waals surface area contributed by atoms with Crippen molar-refractivity contribution in [3.05, 3.63) is 101 Å². The summed E-state index contributed by atoms with van der Waals surface area (Å²) in [6.45, 7) is -0.354. The summed E-state index contributed by atoms with van der Waals surface area (Å²) in [5, 5.41) is 23.8. The van der Waals surface area contributed by atoms with E-state index in [1.54, 1.807) is 19.2 Å². The Labute approximate surface area is 246 Å². The monoisotopic (exact) mass is 584 g/mol. The zero-order valence-corrected chi connectivity index (χ0v) is 23.6. The highest BCUT2D eigenvalue weighted by Crippen LogP contribution is 2.43. The Hall–Kier alpha value is -4.89. The highest BCUT2D eigenvalue weighted by atomic mass is 19.1. The Morgan fingerprint density at radius 3 is 2.28 bits per heavy atom. The maximum Gasteiger partial charge on any atom is 0.252 e. The molecule has 6 rings (SSSR count). The van der Waals surface area contributed by atoms with Crippen molar-refractivity contribution in [3.63, 3.8) is 0 Å². The van der Waals surface area contributed by atoms with Crippen LogP contribution in [0.3, 0.4) is 0 Å². The van der Waals surface area contributed by atoms with Crippen LogP contribution in [0, 0.1) is 11.6 Å². The number of aliphatic hydroxyl groups excluding tert-OH is 1. The van der Waals surface area contributed by atoms with E-state index in [0.29, 0.717) is 30.8 Å². The number of hydrogen-bond acceptors (Lipinski definition) is 5. The maximum atomic E-state index is 15.2. The van der Waals surface area contributed by atoms with Gasteiger partial charge in [-0.3, -0.25) is 4.79 Å². The Morgan fingerprint density at radius 2 is 1.58 bits per heavy atom. The Morgan fingerprint density at radius 1 is 0.930 bits per heavy atom. The number of aromatic nitrogens is 1. The molecule has 220 valence electrons. The van der Waals surface area contributed by atoms with Crippen LogP contribution in [0.15, 0.2) is 66.9 Å². The molecule has 1 heterocycles. The zero-order chi connectivity index (χ0) is 30.2. The number of aliphatic hydroxyl groups is 1. The van der Waals surface area contributed by atoms with Gasteiger partial charge in [-0.1, -0.05) is 18.2 Å². The number of aryl methyl sites for hydroxylation is 2. The van der Waals surface area contributed by atoms with Gasteiger partial charge in [0.2, 0.25) is 0 Å².